The quantitative estimate of drug-likeness (QED) is 0.161. The zero-order valence-corrected chi connectivity index (χ0v) is 36.4. The highest BCUT2D eigenvalue weighted by molar-refractivity contribution is 7.00. The van der Waals surface area contributed by atoms with Gasteiger partial charge in [0.25, 0.3) is 6.71 Å². The molecule has 0 amide bonds. The normalized spacial score (nSPS) is 13.7. The van der Waals surface area contributed by atoms with Crippen LogP contribution in [0.5, 0.6) is 0 Å². The Balaban J connectivity index is 1.23. The van der Waals surface area contributed by atoms with Crippen LogP contribution in [-0.2, 0) is 19.9 Å². The Morgan fingerprint density at radius 2 is 0.984 bits per heavy atom. The van der Waals surface area contributed by atoms with E-state index in [1.807, 2.05) is 0 Å². The number of hydrogen-bond donors (Lipinski definition) is 0. The van der Waals surface area contributed by atoms with Crippen LogP contribution < -0.4 is 31.1 Å². The molecule has 62 heavy (non-hydrogen) atoms. The average molecular weight is 801 g/mol. The van der Waals surface area contributed by atoms with Crippen molar-refractivity contribution in [2.75, 3.05) is 14.7 Å². The molecule has 8 aromatic carbocycles. The monoisotopic (exact) mass is 800 g/mol. The van der Waals surface area contributed by atoms with Gasteiger partial charge in [-0.05, 0) is 160 Å². The van der Waals surface area contributed by atoms with E-state index in [2.05, 4.69) is 213 Å². The molecule has 0 N–H and O–H groups in total. The number of rotatable bonds is 5. The van der Waals surface area contributed by atoms with E-state index in [9.17, 15) is 0 Å². The first-order valence-electron chi connectivity index (χ1n) is 22.2. The second-order valence-corrected chi connectivity index (χ2v) is 18.2. The fraction of sp³-hybridized carbons (Fsp3) is 0.158. The summed E-state index contributed by atoms with van der Waals surface area (Å²) in [5, 5.41) is 2.67. The molecule has 0 atom stereocenters. The number of hydrogen-bond acceptors (Lipinski definition) is 3. The van der Waals surface area contributed by atoms with Crippen LogP contribution in [0, 0.1) is 34.6 Å². The second-order valence-electron chi connectivity index (χ2n) is 18.2. The summed E-state index contributed by atoms with van der Waals surface area (Å²) in [5.41, 5.74) is 26.5. The highest BCUT2D eigenvalue weighted by Crippen LogP contribution is 2.49. The van der Waals surface area contributed by atoms with Crippen LogP contribution in [0.2, 0.25) is 0 Å². The number of anilines is 9. The fourth-order valence-electron chi connectivity index (χ4n) is 10.9. The third kappa shape index (κ3) is 5.53. The highest BCUT2D eigenvalue weighted by atomic mass is 15.2. The molecule has 0 saturated carbocycles. The molecule has 5 heteroatoms. The summed E-state index contributed by atoms with van der Waals surface area (Å²) in [7, 11) is 2.30. The van der Waals surface area contributed by atoms with Crippen molar-refractivity contribution in [3.8, 4) is 0 Å². The predicted octanol–water partition coefficient (Wildman–Crippen LogP) is 12.9. The SMILES string of the molecule is Cc1ccc(N(c2ccc(C)cc2)c2cc3c4c(c2)N(c2ccc(C)cc2)c2cc5c6ccc7c(c6n(C)c5cc2B4c2cc(C)ccc2N3c2ccc(C)cc2)CCC7)cc1. The molecule has 0 fully saturated rings. The Labute approximate surface area is 365 Å². The highest BCUT2D eigenvalue weighted by Gasteiger charge is 2.44. The van der Waals surface area contributed by atoms with Crippen molar-refractivity contribution in [1.82, 2.24) is 4.57 Å². The largest absolute Gasteiger partial charge is 0.343 e. The molecular formula is C57H49BN4. The van der Waals surface area contributed by atoms with E-state index in [-0.39, 0.29) is 6.71 Å². The van der Waals surface area contributed by atoms with Gasteiger partial charge in [0.05, 0.1) is 11.2 Å². The van der Waals surface area contributed by atoms with Crippen LogP contribution >= 0.6 is 0 Å². The molecule has 1 aromatic heterocycles. The van der Waals surface area contributed by atoms with Crippen molar-refractivity contribution >= 4 is 96.1 Å². The maximum Gasteiger partial charge on any atom is 0.252 e. The molecule has 0 bridgehead atoms. The molecule has 3 heterocycles. The molecular weight excluding hydrogens is 751 g/mol. The summed E-state index contributed by atoms with van der Waals surface area (Å²) in [5.74, 6) is 0. The standard InChI is InChI=1S/C57H49BN4/c1-35-10-20-41(21-11-35)60(42-22-12-36(2)13-23-42)45-31-54-56-55(32-45)62(44-26-16-38(4)17-27-44)53-33-48-47-28-19-40-8-7-9-46(40)57(47)59(6)52(48)34-50(53)58(56)49-30-39(5)18-29-51(49)61(54)43-24-14-37(3)15-25-43/h10-34H,7-9H2,1-6H3. The zero-order valence-electron chi connectivity index (χ0n) is 36.4. The minimum absolute atomic E-state index is 0.00248. The molecule has 3 aliphatic rings. The molecule has 0 unspecified atom stereocenters. The lowest BCUT2D eigenvalue weighted by molar-refractivity contribution is 0.908. The van der Waals surface area contributed by atoms with E-state index < -0.39 is 0 Å². The molecule has 0 spiro atoms. The van der Waals surface area contributed by atoms with Gasteiger partial charge in [0.1, 0.15) is 0 Å². The maximum absolute atomic E-state index is 2.58. The first-order valence-corrected chi connectivity index (χ1v) is 22.2. The van der Waals surface area contributed by atoms with Crippen molar-refractivity contribution in [2.24, 2.45) is 7.05 Å². The number of benzene rings is 8. The Morgan fingerprint density at radius 3 is 1.58 bits per heavy atom. The third-order valence-electron chi connectivity index (χ3n) is 14.0. The van der Waals surface area contributed by atoms with E-state index in [0.29, 0.717) is 0 Å². The summed E-state index contributed by atoms with van der Waals surface area (Å²) in [6, 6.07) is 58.1. The van der Waals surface area contributed by atoms with Crippen molar-refractivity contribution in [1.29, 1.82) is 0 Å². The van der Waals surface area contributed by atoms with Crippen LogP contribution in [0.3, 0.4) is 0 Å². The van der Waals surface area contributed by atoms with E-state index in [1.165, 1.54) is 113 Å². The van der Waals surface area contributed by atoms with Gasteiger partial charge in [-0.25, -0.2) is 0 Å². The Bertz CT molecular complexity index is 3220. The minimum Gasteiger partial charge on any atom is -0.343 e. The molecule has 0 radical (unpaired) electrons. The van der Waals surface area contributed by atoms with Gasteiger partial charge in [-0.15, -0.1) is 0 Å². The van der Waals surface area contributed by atoms with Gasteiger partial charge >= 0.3 is 0 Å². The van der Waals surface area contributed by atoms with Crippen molar-refractivity contribution in [2.45, 2.75) is 53.9 Å². The van der Waals surface area contributed by atoms with E-state index >= 15 is 0 Å². The Hall–Kier alpha value is -6.98. The van der Waals surface area contributed by atoms with Crippen LogP contribution in [0.4, 0.5) is 51.2 Å². The molecule has 4 nitrogen and oxygen atoms in total. The maximum atomic E-state index is 2.58. The molecule has 2 aliphatic heterocycles. The van der Waals surface area contributed by atoms with Crippen molar-refractivity contribution in [3.05, 3.63) is 191 Å². The van der Waals surface area contributed by atoms with Crippen molar-refractivity contribution in [3.63, 3.8) is 0 Å². The van der Waals surface area contributed by atoms with Crippen molar-refractivity contribution < 1.29 is 0 Å². The van der Waals surface area contributed by atoms with Gasteiger partial charge in [0.2, 0.25) is 0 Å². The number of aryl methyl sites for hydroxylation is 8. The van der Waals surface area contributed by atoms with Crippen LogP contribution in [0.25, 0.3) is 21.8 Å². The lowest BCUT2D eigenvalue weighted by atomic mass is 9.33. The summed E-state index contributed by atoms with van der Waals surface area (Å²) in [6.07, 6.45) is 3.54. The molecule has 300 valence electrons. The zero-order chi connectivity index (χ0) is 42.0. The van der Waals surface area contributed by atoms with Crippen LogP contribution in [-0.4, -0.2) is 11.3 Å². The average Bonchev–Trinajstić information content (AvgIpc) is 3.87. The topological polar surface area (TPSA) is 14.7 Å². The van der Waals surface area contributed by atoms with Gasteiger partial charge < -0.3 is 19.3 Å². The summed E-state index contributed by atoms with van der Waals surface area (Å²) in [6.45, 7) is 10.9. The number of aromatic nitrogens is 1. The Morgan fingerprint density at radius 1 is 0.452 bits per heavy atom. The summed E-state index contributed by atoms with van der Waals surface area (Å²) >= 11 is 0. The third-order valence-corrected chi connectivity index (χ3v) is 14.0. The molecule has 12 rings (SSSR count). The van der Waals surface area contributed by atoms with Gasteiger partial charge in [-0.1, -0.05) is 101 Å². The lowest BCUT2D eigenvalue weighted by Gasteiger charge is -2.45. The summed E-state index contributed by atoms with van der Waals surface area (Å²) < 4.78 is 2.50. The predicted molar refractivity (Wildman–Crippen MR) is 265 cm³/mol. The molecule has 0 saturated heterocycles. The molecule has 9 aromatic rings. The lowest BCUT2D eigenvalue weighted by Crippen LogP contribution is -2.61. The van der Waals surface area contributed by atoms with E-state index in [4.69, 9.17) is 0 Å². The van der Waals surface area contributed by atoms with Crippen LogP contribution in [0.15, 0.2) is 152 Å². The van der Waals surface area contributed by atoms with Gasteiger partial charge in [-0.2, -0.15) is 0 Å². The minimum atomic E-state index is 0.00248. The van der Waals surface area contributed by atoms with Gasteiger partial charge in [0.15, 0.2) is 0 Å². The first-order chi connectivity index (χ1) is 30.2. The first kappa shape index (κ1) is 36.8. The van der Waals surface area contributed by atoms with E-state index in [1.54, 1.807) is 0 Å². The number of fused-ring (bicyclic) bond motifs is 9. The van der Waals surface area contributed by atoms with Crippen LogP contribution in [0.1, 0.15) is 45.4 Å². The Kier molecular flexibility index (Phi) is 8.18. The second kappa shape index (κ2) is 13.8. The fourth-order valence-corrected chi connectivity index (χ4v) is 10.9. The van der Waals surface area contributed by atoms with Gasteiger partial charge in [0, 0.05) is 68.8 Å². The number of nitrogens with zero attached hydrogens (tertiary/aromatic N) is 4. The smallest absolute Gasteiger partial charge is 0.252 e. The van der Waals surface area contributed by atoms with E-state index in [0.717, 1.165) is 34.9 Å². The van der Waals surface area contributed by atoms with Gasteiger partial charge in [-0.3, -0.25) is 0 Å². The molecule has 1 aliphatic carbocycles. The summed E-state index contributed by atoms with van der Waals surface area (Å²) in [4.78, 5) is 7.56.